The van der Waals surface area contributed by atoms with E-state index in [4.69, 9.17) is 4.74 Å². The topological polar surface area (TPSA) is 64.4 Å². The molecule has 0 N–H and O–H groups in total. The molecule has 0 saturated heterocycles. The Labute approximate surface area is 142 Å². The highest BCUT2D eigenvalue weighted by atomic mass is 32.2. The van der Waals surface area contributed by atoms with Crippen LogP contribution in [0.3, 0.4) is 0 Å². The number of nitrogens with zero attached hydrogens (tertiary/aromatic N) is 3. The van der Waals surface area contributed by atoms with Crippen LogP contribution in [0, 0.1) is 0 Å². The van der Waals surface area contributed by atoms with Crippen molar-refractivity contribution < 1.29 is 13.2 Å². The van der Waals surface area contributed by atoms with Gasteiger partial charge >= 0.3 is 0 Å². The number of hydrogen-bond donors (Lipinski definition) is 0. The molecule has 24 heavy (non-hydrogen) atoms. The standard InChI is InChI=1S/C17H21N3O3S/c1-2-23-16-5-3-4-6-17(16)24(21,22)19-9-10-20-14(12-19)11-15(18-20)13-7-8-13/h3-6,11,13H,2,7-10,12H2,1H3. The molecule has 7 heteroatoms. The average Bonchev–Trinajstić information content (AvgIpc) is 3.34. The summed E-state index contributed by atoms with van der Waals surface area (Å²) in [5, 5.41) is 4.62. The molecule has 2 aromatic rings. The van der Waals surface area contributed by atoms with Gasteiger partial charge in [-0.1, -0.05) is 12.1 Å². The van der Waals surface area contributed by atoms with Gasteiger partial charge in [-0.15, -0.1) is 0 Å². The first-order valence-corrected chi connectivity index (χ1v) is 9.82. The Balaban J connectivity index is 1.63. The molecular formula is C17H21N3O3S. The smallest absolute Gasteiger partial charge is 0.247 e. The van der Waals surface area contributed by atoms with Gasteiger partial charge < -0.3 is 4.74 Å². The van der Waals surface area contributed by atoms with E-state index in [-0.39, 0.29) is 4.90 Å². The summed E-state index contributed by atoms with van der Waals surface area (Å²) in [5.74, 6) is 0.990. The first-order valence-electron chi connectivity index (χ1n) is 8.38. The maximum atomic E-state index is 13.1. The Morgan fingerprint density at radius 3 is 2.79 bits per heavy atom. The van der Waals surface area contributed by atoms with Gasteiger partial charge in [0, 0.05) is 12.5 Å². The summed E-state index contributed by atoms with van der Waals surface area (Å²) in [5.41, 5.74) is 2.08. The first-order chi connectivity index (χ1) is 11.6. The van der Waals surface area contributed by atoms with Gasteiger partial charge in [-0.25, -0.2) is 8.42 Å². The van der Waals surface area contributed by atoms with E-state index in [0.717, 1.165) is 11.4 Å². The molecule has 6 nitrogen and oxygen atoms in total. The molecular weight excluding hydrogens is 326 g/mol. The fourth-order valence-electron chi connectivity index (χ4n) is 3.13. The number of sulfonamides is 1. The van der Waals surface area contributed by atoms with Crippen molar-refractivity contribution in [2.24, 2.45) is 0 Å². The molecule has 128 valence electrons. The zero-order valence-electron chi connectivity index (χ0n) is 13.7. The lowest BCUT2D eigenvalue weighted by Gasteiger charge is -2.27. The van der Waals surface area contributed by atoms with Crippen molar-refractivity contribution in [2.45, 2.75) is 43.7 Å². The van der Waals surface area contributed by atoms with Crippen molar-refractivity contribution in [1.29, 1.82) is 0 Å². The molecule has 0 amide bonds. The summed E-state index contributed by atoms with van der Waals surface area (Å²) < 4.78 is 35.1. The Hall–Kier alpha value is -1.86. The molecule has 1 saturated carbocycles. The minimum Gasteiger partial charge on any atom is -0.492 e. The number of para-hydroxylation sites is 1. The van der Waals surface area contributed by atoms with Crippen molar-refractivity contribution in [3.8, 4) is 5.75 Å². The van der Waals surface area contributed by atoms with Crippen molar-refractivity contribution in [2.75, 3.05) is 13.2 Å². The quantitative estimate of drug-likeness (QED) is 0.833. The molecule has 1 fully saturated rings. The third-order valence-electron chi connectivity index (χ3n) is 4.54. The minimum atomic E-state index is -3.59. The third kappa shape index (κ3) is 2.71. The lowest BCUT2D eigenvalue weighted by Crippen LogP contribution is -2.38. The van der Waals surface area contributed by atoms with Gasteiger partial charge in [0.25, 0.3) is 0 Å². The molecule has 1 aromatic heterocycles. The maximum absolute atomic E-state index is 13.1. The summed E-state index contributed by atoms with van der Waals surface area (Å²) in [4.78, 5) is 0.238. The summed E-state index contributed by atoms with van der Waals surface area (Å²) in [6, 6.07) is 8.90. The summed E-state index contributed by atoms with van der Waals surface area (Å²) in [7, 11) is -3.59. The summed E-state index contributed by atoms with van der Waals surface area (Å²) >= 11 is 0. The van der Waals surface area contributed by atoms with Gasteiger partial charge in [0.1, 0.15) is 10.6 Å². The lowest BCUT2D eigenvalue weighted by molar-refractivity contribution is 0.315. The van der Waals surface area contributed by atoms with Crippen LogP contribution in [0.4, 0.5) is 0 Å². The van der Waals surface area contributed by atoms with Crippen LogP contribution in [0.15, 0.2) is 35.2 Å². The monoisotopic (exact) mass is 347 g/mol. The molecule has 1 aliphatic carbocycles. The minimum absolute atomic E-state index is 0.238. The largest absolute Gasteiger partial charge is 0.492 e. The van der Waals surface area contributed by atoms with Crippen molar-refractivity contribution in [3.05, 3.63) is 41.7 Å². The average molecular weight is 347 g/mol. The number of rotatable bonds is 5. The number of aromatic nitrogens is 2. The van der Waals surface area contributed by atoms with Crippen LogP contribution >= 0.6 is 0 Å². The highest BCUT2D eigenvalue weighted by Gasteiger charge is 2.33. The van der Waals surface area contributed by atoms with Crippen LogP contribution in [0.25, 0.3) is 0 Å². The SMILES string of the molecule is CCOc1ccccc1S(=O)(=O)N1CCn2nc(C3CC3)cc2C1. The first kappa shape index (κ1) is 15.7. The highest BCUT2D eigenvalue weighted by molar-refractivity contribution is 7.89. The van der Waals surface area contributed by atoms with E-state index in [1.54, 1.807) is 24.3 Å². The molecule has 1 aromatic carbocycles. The molecule has 1 aliphatic heterocycles. The normalized spacial score (nSPS) is 18.4. The number of benzene rings is 1. The molecule has 0 spiro atoms. The predicted molar refractivity (Wildman–Crippen MR) is 89.4 cm³/mol. The molecule has 0 bridgehead atoms. The fourth-order valence-corrected chi connectivity index (χ4v) is 4.66. The number of fused-ring (bicyclic) bond motifs is 1. The zero-order chi connectivity index (χ0) is 16.7. The highest BCUT2D eigenvalue weighted by Crippen LogP contribution is 2.40. The van der Waals surface area contributed by atoms with E-state index >= 15 is 0 Å². The van der Waals surface area contributed by atoms with Crippen LogP contribution in [-0.2, 0) is 23.1 Å². The van der Waals surface area contributed by atoms with Crippen LogP contribution in [0.2, 0.25) is 0 Å². The van der Waals surface area contributed by atoms with Gasteiger partial charge in [-0.05, 0) is 38.0 Å². The lowest BCUT2D eigenvalue weighted by atomic mass is 10.2. The predicted octanol–water partition coefficient (Wildman–Crippen LogP) is 2.36. The fraction of sp³-hybridized carbons (Fsp3) is 0.471. The molecule has 0 radical (unpaired) electrons. The van der Waals surface area contributed by atoms with Gasteiger partial charge in [0.15, 0.2) is 0 Å². The van der Waals surface area contributed by atoms with E-state index < -0.39 is 10.0 Å². The van der Waals surface area contributed by atoms with E-state index in [9.17, 15) is 8.42 Å². The van der Waals surface area contributed by atoms with Gasteiger partial charge in [0.2, 0.25) is 10.0 Å². The maximum Gasteiger partial charge on any atom is 0.247 e. The Morgan fingerprint density at radius 2 is 2.04 bits per heavy atom. The van der Waals surface area contributed by atoms with Crippen molar-refractivity contribution in [1.82, 2.24) is 14.1 Å². The molecule has 2 heterocycles. The van der Waals surface area contributed by atoms with E-state index in [1.807, 2.05) is 11.6 Å². The van der Waals surface area contributed by atoms with Gasteiger partial charge in [-0.2, -0.15) is 9.40 Å². The second-order valence-electron chi connectivity index (χ2n) is 6.28. The van der Waals surface area contributed by atoms with Crippen molar-refractivity contribution in [3.63, 3.8) is 0 Å². The number of ether oxygens (including phenoxy) is 1. The molecule has 0 atom stereocenters. The van der Waals surface area contributed by atoms with E-state index in [1.165, 1.54) is 17.1 Å². The van der Waals surface area contributed by atoms with Crippen LogP contribution in [0.1, 0.15) is 37.1 Å². The second-order valence-corrected chi connectivity index (χ2v) is 8.18. The molecule has 2 aliphatic rings. The Bertz CT molecular complexity index is 856. The molecule has 0 unspecified atom stereocenters. The summed E-state index contributed by atoms with van der Waals surface area (Å²) in [6.07, 6.45) is 2.39. The Morgan fingerprint density at radius 1 is 1.25 bits per heavy atom. The molecule has 4 rings (SSSR count). The van der Waals surface area contributed by atoms with Gasteiger partial charge in [-0.3, -0.25) is 4.68 Å². The number of hydrogen-bond acceptors (Lipinski definition) is 4. The third-order valence-corrected chi connectivity index (χ3v) is 6.43. The van der Waals surface area contributed by atoms with E-state index in [2.05, 4.69) is 11.2 Å². The zero-order valence-corrected chi connectivity index (χ0v) is 14.5. The second kappa shape index (κ2) is 5.89. The van der Waals surface area contributed by atoms with E-state index in [0.29, 0.717) is 37.9 Å². The van der Waals surface area contributed by atoms with Gasteiger partial charge in [0.05, 0.1) is 31.1 Å². The van der Waals surface area contributed by atoms with Crippen LogP contribution in [-0.4, -0.2) is 35.7 Å². The Kier molecular flexibility index (Phi) is 3.85. The van der Waals surface area contributed by atoms with Crippen LogP contribution < -0.4 is 4.74 Å². The van der Waals surface area contributed by atoms with Crippen molar-refractivity contribution >= 4 is 10.0 Å². The van der Waals surface area contributed by atoms with Crippen LogP contribution in [0.5, 0.6) is 5.75 Å². The summed E-state index contributed by atoms with van der Waals surface area (Å²) in [6.45, 7) is 3.68.